The van der Waals surface area contributed by atoms with E-state index < -0.39 is 17.7 Å². The zero-order valence-electron chi connectivity index (χ0n) is 11.1. The molecule has 1 saturated heterocycles. The van der Waals surface area contributed by atoms with Crippen molar-refractivity contribution < 1.29 is 24.2 Å². The maximum Gasteiger partial charge on any atom is 0.407 e. The molecule has 1 atom stereocenters. The molecular formula is C12H21NO5. The fraction of sp³-hybridized carbons (Fsp3) is 0.833. The number of likely N-dealkylation sites (tertiary alicyclic amines) is 1. The number of ether oxygens (including phenoxy) is 2. The Labute approximate surface area is 107 Å². The summed E-state index contributed by atoms with van der Waals surface area (Å²) in [6.07, 6.45) is 0.362. The Morgan fingerprint density at radius 1 is 1.39 bits per heavy atom. The maximum atomic E-state index is 11.4. The Bertz CT molecular complexity index is 310. The van der Waals surface area contributed by atoms with Crippen molar-refractivity contribution in [3.8, 4) is 0 Å². The van der Waals surface area contributed by atoms with Crippen LogP contribution in [-0.4, -0.2) is 53.5 Å². The highest BCUT2D eigenvalue weighted by atomic mass is 16.6. The van der Waals surface area contributed by atoms with Gasteiger partial charge in [-0.15, -0.1) is 0 Å². The Morgan fingerprint density at radius 2 is 2.06 bits per heavy atom. The molecule has 18 heavy (non-hydrogen) atoms. The molecule has 1 heterocycles. The molecule has 1 fully saturated rings. The number of carbonyl (C=O) groups is 2. The summed E-state index contributed by atoms with van der Waals surface area (Å²) in [7, 11) is 0. The SMILES string of the molecule is CC(C)(C)OC(=O)CO[C@@H]1CCCN(C(=O)O)C1. The molecule has 0 unspecified atom stereocenters. The number of carboxylic acid groups (broad SMARTS) is 1. The minimum atomic E-state index is -0.944. The molecule has 0 aromatic rings. The topological polar surface area (TPSA) is 76.1 Å². The number of carbonyl (C=O) groups excluding carboxylic acids is 1. The molecule has 1 N–H and O–H groups in total. The highest BCUT2D eigenvalue weighted by Crippen LogP contribution is 2.14. The standard InChI is InChI=1S/C12H21NO5/c1-12(2,3)18-10(14)8-17-9-5-4-6-13(7-9)11(15)16/h9H,4-8H2,1-3H3,(H,15,16)/t9-/m1/s1. The van der Waals surface area contributed by atoms with Crippen molar-refractivity contribution in [2.75, 3.05) is 19.7 Å². The van der Waals surface area contributed by atoms with Crippen LogP contribution in [0.15, 0.2) is 0 Å². The van der Waals surface area contributed by atoms with E-state index >= 15 is 0 Å². The summed E-state index contributed by atoms with van der Waals surface area (Å²) < 4.78 is 10.5. The van der Waals surface area contributed by atoms with Crippen molar-refractivity contribution >= 4 is 12.1 Å². The van der Waals surface area contributed by atoms with Crippen LogP contribution in [-0.2, 0) is 14.3 Å². The van der Waals surface area contributed by atoms with Crippen molar-refractivity contribution in [2.24, 2.45) is 0 Å². The second-order valence-corrected chi connectivity index (χ2v) is 5.39. The summed E-state index contributed by atoms with van der Waals surface area (Å²) in [4.78, 5) is 23.6. The molecule has 0 spiro atoms. The molecule has 0 aromatic carbocycles. The Morgan fingerprint density at radius 3 is 2.61 bits per heavy atom. The van der Waals surface area contributed by atoms with E-state index in [9.17, 15) is 9.59 Å². The van der Waals surface area contributed by atoms with Crippen LogP contribution < -0.4 is 0 Å². The highest BCUT2D eigenvalue weighted by Gasteiger charge is 2.25. The molecule has 1 aliphatic heterocycles. The predicted molar refractivity (Wildman–Crippen MR) is 64.4 cm³/mol. The van der Waals surface area contributed by atoms with Gasteiger partial charge < -0.3 is 19.5 Å². The van der Waals surface area contributed by atoms with Gasteiger partial charge in [0.25, 0.3) is 0 Å². The van der Waals surface area contributed by atoms with Crippen LogP contribution >= 0.6 is 0 Å². The lowest BCUT2D eigenvalue weighted by atomic mass is 10.1. The van der Waals surface area contributed by atoms with Crippen molar-refractivity contribution in [3.63, 3.8) is 0 Å². The molecular weight excluding hydrogens is 238 g/mol. The summed E-state index contributed by atoms with van der Waals surface area (Å²) in [5.74, 6) is -0.421. The van der Waals surface area contributed by atoms with Gasteiger partial charge in [0.2, 0.25) is 0 Å². The van der Waals surface area contributed by atoms with Crippen LogP contribution in [0.3, 0.4) is 0 Å². The fourth-order valence-electron chi connectivity index (χ4n) is 1.80. The Kier molecular flexibility index (Phi) is 4.95. The van der Waals surface area contributed by atoms with Gasteiger partial charge in [-0.2, -0.15) is 0 Å². The maximum absolute atomic E-state index is 11.4. The quantitative estimate of drug-likeness (QED) is 0.777. The second-order valence-electron chi connectivity index (χ2n) is 5.39. The number of piperidine rings is 1. The van der Waals surface area contributed by atoms with E-state index in [2.05, 4.69) is 0 Å². The molecule has 0 radical (unpaired) electrons. The zero-order chi connectivity index (χ0) is 13.8. The van der Waals surface area contributed by atoms with E-state index in [4.69, 9.17) is 14.6 Å². The molecule has 0 aromatic heterocycles. The van der Waals surface area contributed by atoms with Crippen molar-refractivity contribution in [1.82, 2.24) is 4.90 Å². The third kappa shape index (κ3) is 5.35. The van der Waals surface area contributed by atoms with Gasteiger partial charge >= 0.3 is 12.1 Å². The summed E-state index contributed by atoms with van der Waals surface area (Å²) >= 11 is 0. The first-order chi connectivity index (χ1) is 8.28. The number of nitrogens with zero attached hydrogens (tertiary/aromatic N) is 1. The van der Waals surface area contributed by atoms with E-state index in [1.807, 2.05) is 0 Å². The minimum absolute atomic E-state index is 0.130. The van der Waals surface area contributed by atoms with Crippen molar-refractivity contribution in [2.45, 2.75) is 45.3 Å². The van der Waals surface area contributed by atoms with Crippen LogP contribution in [0.4, 0.5) is 4.79 Å². The van der Waals surface area contributed by atoms with Gasteiger partial charge in [-0.1, -0.05) is 0 Å². The van der Waals surface area contributed by atoms with E-state index in [-0.39, 0.29) is 12.7 Å². The van der Waals surface area contributed by atoms with Gasteiger partial charge in [-0.25, -0.2) is 9.59 Å². The monoisotopic (exact) mass is 259 g/mol. The molecule has 1 aliphatic rings. The van der Waals surface area contributed by atoms with Gasteiger partial charge in [0.15, 0.2) is 0 Å². The summed E-state index contributed by atoms with van der Waals surface area (Å²) in [6, 6.07) is 0. The first-order valence-corrected chi connectivity index (χ1v) is 6.09. The number of rotatable bonds is 3. The normalized spacial score (nSPS) is 20.6. The average molecular weight is 259 g/mol. The lowest BCUT2D eigenvalue weighted by molar-refractivity contribution is -0.163. The minimum Gasteiger partial charge on any atom is -0.465 e. The van der Waals surface area contributed by atoms with Gasteiger partial charge in [0.1, 0.15) is 12.2 Å². The van der Waals surface area contributed by atoms with Crippen molar-refractivity contribution in [3.05, 3.63) is 0 Å². The summed E-state index contributed by atoms with van der Waals surface area (Å²) in [5.41, 5.74) is -0.528. The van der Waals surface area contributed by atoms with E-state index in [0.717, 1.165) is 12.8 Å². The first-order valence-electron chi connectivity index (χ1n) is 6.09. The summed E-state index contributed by atoms with van der Waals surface area (Å²) in [5, 5.41) is 8.87. The predicted octanol–water partition coefficient (Wildman–Crippen LogP) is 1.49. The van der Waals surface area contributed by atoms with Gasteiger partial charge in [0.05, 0.1) is 12.6 Å². The lowest BCUT2D eigenvalue weighted by Crippen LogP contribution is -2.43. The Hall–Kier alpha value is -1.30. The first kappa shape index (κ1) is 14.8. The molecule has 6 nitrogen and oxygen atoms in total. The van der Waals surface area contributed by atoms with E-state index in [0.29, 0.717) is 13.1 Å². The molecule has 1 rings (SSSR count). The third-order valence-electron chi connectivity index (χ3n) is 2.51. The smallest absolute Gasteiger partial charge is 0.407 e. The van der Waals surface area contributed by atoms with E-state index in [1.165, 1.54) is 4.90 Å². The van der Waals surface area contributed by atoms with Gasteiger partial charge in [-0.05, 0) is 33.6 Å². The number of hydrogen-bond acceptors (Lipinski definition) is 4. The van der Waals surface area contributed by atoms with Crippen LogP contribution in [0.1, 0.15) is 33.6 Å². The molecule has 104 valence electrons. The number of amides is 1. The van der Waals surface area contributed by atoms with Crippen LogP contribution in [0.2, 0.25) is 0 Å². The zero-order valence-corrected chi connectivity index (χ0v) is 11.1. The molecule has 1 amide bonds. The van der Waals surface area contributed by atoms with Crippen molar-refractivity contribution in [1.29, 1.82) is 0 Å². The average Bonchev–Trinajstić information content (AvgIpc) is 2.24. The molecule has 6 heteroatoms. The summed E-state index contributed by atoms with van der Waals surface area (Å²) in [6.45, 7) is 6.09. The fourth-order valence-corrected chi connectivity index (χ4v) is 1.80. The third-order valence-corrected chi connectivity index (χ3v) is 2.51. The molecule has 0 aliphatic carbocycles. The van der Waals surface area contributed by atoms with Crippen LogP contribution in [0.25, 0.3) is 0 Å². The largest absolute Gasteiger partial charge is 0.465 e. The van der Waals surface area contributed by atoms with Crippen LogP contribution in [0.5, 0.6) is 0 Å². The number of hydrogen-bond donors (Lipinski definition) is 1. The molecule has 0 saturated carbocycles. The lowest BCUT2D eigenvalue weighted by Gasteiger charge is -2.30. The van der Waals surface area contributed by atoms with E-state index in [1.54, 1.807) is 20.8 Å². The second kappa shape index (κ2) is 6.04. The van der Waals surface area contributed by atoms with Gasteiger partial charge in [0, 0.05) is 6.54 Å². The highest BCUT2D eigenvalue weighted by molar-refractivity contribution is 5.71. The molecule has 0 bridgehead atoms. The van der Waals surface area contributed by atoms with Gasteiger partial charge in [-0.3, -0.25) is 0 Å². The number of esters is 1. The Balaban J connectivity index is 2.31. The van der Waals surface area contributed by atoms with Crippen LogP contribution in [0, 0.1) is 0 Å².